The second kappa shape index (κ2) is 5.77. The van der Waals surface area contributed by atoms with Gasteiger partial charge in [-0.05, 0) is 45.7 Å². The molecule has 1 aliphatic heterocycles. The third kappa shape index (κ3) is 3.09. The Morgan fingerprint density at radius 3 is 2.84 bits per heavy atom. The predicted octanol–water partition coefficient (Wildman–Crippen LogP) is 0.595. The highest BCUT2D eigenvalue weighted by molar-refractivity contribution is 5.79. The Morgan fingerprint density at radius 2 is 2.21 bits per heavy atom. The number of nitrogens with two attached hydrogens (primary N) is 1. The summed E-state index contributed by atoms with van der Waals surface area (Å²) in [6.07, 6.45) is 3.46. The Kier molecular flexibility index (Phi) is 4.48. The first-order chi connectivity index (χ1) is 8.93. The molecule has 2 fully saturated rings. The predicted molar refractivity (Wildman–Crippen MR) is 75.0 cm³/mol. The Morgan fingerprint density at radius 1 is 1.47 bits per heavy atom. The van der Waals surface area contributed by atoms with Crippen LogP contribution in [-0.2, 0) is 4.79 Å². The topological polar surface area (TPSA) is 69.8 Å². The number of likely N-dealkylation sites (N-methyl/N-ethyl adjacent to an activating group) is 1. The van der Waals surface area contributed by atoms with E-state index in [1.807, 2.05) is 0 Å². The molecule has 3 unspecified atom stereocenters. The lowest BCUT2D eigenvalue weighted by molar-refractivity contribution is -0.144. The fraction of sp³-hybridized carbons (Fsp3) is 0.929. The first-order valence-electron chi connectivity index (χ1n) is 7.38. The third-order valence-electron chi connectivity index (χ3n) is 5.11. The van der Waals surface area contributed by atoms with Gasteiger partial charge < -0.3 is 20.6 Å². The standard InChI is InChI=1S/C14H27N3O2/c1-11-10-17(9-8-16(11)2)7-5-12-4-3-6-14(12,15)13(18)19/h11-12H,3-10,15H2,1-2H3,(H,18,19). The van der Waals surface area contributed by atoms with Crippen molar-refractivity contribution in [2.75, 3.05) is 33.2 Å². The van der Waals surface area contributed by atoms with Crippen LogP contribution >= 0.6 is 0 Å². The first-order valence-corrected chi connectivity index (χ1v) is 7.38. The van der Waals surface area contributed by atoms with Crippen LogP contribution in [0, 0.1) is 5.92 Å². The van der Waals surface area contributed by atoms with Gasteiger partial charge in [-0.1, -0.05) is 6.42 Å². The largest absolute Gasteiger partial charge is 0.480 e. The van der Waals surface area contributed by atoms with Crippen LogP contribution in [-0.4, -0.2) is 65.7 Å². The van der Waals surface area contributed by atoms with E-state index in [0.29, 0.717) is 12.5 Å². The first kappa shape index (κ1) is 14.8. The van der Waals surface area contributed by atoms with Crippen molar-refractivity contribution in [3.63, 3.8) is 0 Å². The molecule has 1 heterocycles. The van der Waals surface area contributed by atoms with E-state index >= 15 is 0 Å². The van der Waals surface area contributed by atoms with Crippen LogP contribution in [0.4, 0.5) is 0 Å². The average molecular weight is 269 g/mol. The minimum atomic E-state index is -0.974. The highest BCUT2D eigenvalue weighted by Crippen LogP contribution is 2.36. The summed E-state index contributed by atoms with van der Waals surface area (Å²) in [5, 5.41) is 9.31. The quantitative estimate of drug-likeness (QED) is 0.782. The summed E-state index contributed by atoms with van der Waals surface area (Å²) < 4.78 is 0. The fourth-order valence-electron chi connectivity index (χ4n) is 3.45. The second-order valence-electron chi connectivity index (χ2n) is 6.35. The normalized spacial score (nSPS) is 37.6. The number of hydrogen-bond acceptors (Lipinski definition) is 4. The minimum Gasteiger partial charge on any atom is -0.480 e. The zero-order valence-corrected chi connectivity index (χ0v) is 12.1. The lowest BCUT2D eigenvalue weighted by atomic mass is 9.85. The molecule has 3 atom stereocenters. The second-order valence-corrected chi connectivity index (χ2v) is 6.35. The molecule has 0 amide bonds. The van der Waals surface area contributed by atoms with Crippen molar-refractivity contribution in [2.45, 2.75) is 44.2 Å². The number of rotatable bonds is 4. The van der Waals surface area contributed by atoms with Crippen LogP contribution in [0.5, 0.6) is 0 Å². The summed E-state index contributed by atoms with van der Waals surface area (Å²) in [5.74, 6) is -0.679. The molecule has 5 nitrogen and oxygen atoms in total. The van der Waals surface area contributed by atoms with Crippen molar-refractivity contribution in [2.24, 2.45) is 11.7 Å². The lowest BCUT2D eigenvalue weighted by Crippen LogP contribution is -2.53. The van der Waals surface area contributed by atoms with Gasteiger partial charge in [0.25, 0.3) is 0 Å². The van der Waals surface area contributed by atoms with Crippen molar-refractivity contribution in [3.05, 3.63) is 0 Å². The molecule has 1 saturated heterocycles. The number of piperazine rings is 1. The maximum atomic E-state index is 11.3. The molecule has 2 rings (SSSR count). The lowest BCUT2D eigenvalue weighted by Gasteiger charge is -2.38. The maximum absolute atomic E-state index is 11.3. The van der Waals surface area contributed by atoms with E-state index in [2.05, 4.69) is 23.8 Å². The van der Waals surface area contributed by atoms with Gasteiger partial charge in [0.1, 0.15) is 5.54 Å². The Hall–Kier alpha value is -0.650. The average Bonchev–Trinajstić information content (AvgIpc) is 2.74. The molecule has 0 bridgehead atoms. The molecule has 2 aliphatic rings. The SMILES string of the molecule is CC1CN(CCC2CCCC2(N)C(=O)O)CCN1C. The molecule has 1 aliphatic carbocycles. The van der Waals surface area contributed by atoms with Crippen LogP contribution < -0.4 is 5.73 Å². The van der Waals surface area contributed by atoms with E-state index in [4.69, 9.17) is 5.73 Å². The summed E-state index contributed by atoms with van der Waals surface area (Å²) in [6.45, 7) is 6.48. The molecule has 0 spiro atoms. The molecule has 0 aromatic heterocycles. The summed E-state index contributed by atoms with van der Waals surface area (Å²) in [5.41, 5.74) is 5.11. The number of carbonyl (C=O) groups is 1. The molecular weight excluding hydrogens is 242 g/mol. The molecule has 0 aromatic rings. The summed E-state index contributed by atoms with van der Waals surface area (Å²) in [4.78, 5) is 16.2. The van der Waals surface area contributed by atoms with Gasteiger partial charge in [0.05, 0.1) is 0 Å². The van der Waals surface area contributed by atoms with Crippen LogP contribution in [0.25, 0.3) is 0 Å². The van der Waals surface area contributed by atoms with Crippen LogP contribution in [0.1, 0.15) is 32.6 Å². The van der Waals surface area contributed by atoms with Gasteiger partial charge in [-0.15, -0.1) is 0 Å². The van der Waals surface area contributed by atoms with Gasteiger partial charge in [-0.25, -0.2) is 0 Å². The number of carboxylic acid groups (broad SMARTS) is 1. The minimum absolute atomic E-state index is 0.139. The Labute approximate surface area is 115 Å². The van der Waals surface area contributed by atoms with Crippen LogP contribution in [0.3, 0.4) is 0 Å². The zero-order valence-electron chi connectivity index (χ0n) is 12.1. The van der Waals surface area contributed by atoms with Crippen LogP contribution in [0.2, 0.25) is 0 Å². The Bertz CT molecular complexity index is 337. The van der Waals surface area contributed by atoms with Gasteiger partial charge in [-0.2, -0.15) is 0 Å². The van der Waals surface area contributed by atoms with Gasteiger partial charge in [0.2, 0.25) is 0 Å². The number of carboxylic acids is 1. The third-order valence-corrected chi connectivity index (χ3v) is 5.11. The van der Waals surface area contributed by atoms with Gasteiger partial charge in [-0.3, -0.25) is 4.79 Å². The van der Waals surface area contributed by atoms with Crippen molar-refractivity contribution in [1.29, 1.82) is 0 Å². The Balaban J connectivity index is 1.84. The van der Waals surface area contributed by atoms with Crippen molar-refractivity contribution in [3.8, 4) is 0 Å². The van der Waals surface area contributed by atoms with Gasteiger partial charge in [0, 0.05) is 25.7 Å². The van der Waals surface area contributed by atoms with E-state index in [-0.39, 0.29) is 5.92 Å². The van der Waals surface area contributed by atoms with E-state index in [1.165, 1.54) is 0 Å². The van der Waals surface area contributed by atoms with Crippen molar-refractivity contribution >= 4 is 5.97 Å². The van der Waals surface area contributed by atoms with Gasteiger partial charge >= 0.3 is 5.97 Å². The van der Waals surface area contributed by atoms with E-state index in [1.54, 1.807) is 0 Å². The highest BCUT2D eigenvalue weighted by atomic mass is 16.4. The molecule has 0 aromatic carbocycles. The number of hydrogen-bond donors (Lipinski definition) is 2. The molecule has 0 radical (unpaired) electrons. The highest BCUT2D eigenvalue weighted by Gasteiger charge is 2.45. The zero-order chi connectivity index (χ0) is 14.0. The van der Waals surface area contributed by atoms with Crippen LogP contribution in [0.15, 0.2) is 0 Å². The molecule has 1 saturated carbocycles. The molecular formula is C14H27N3O2. The number of aliphatic carboxylic acids is 1. The fourth-order valence-corrected chi connectivity index (χ4v) is 3.45. The summed E-state index contributed by atoms with van der Waals surface area (Å²) in [6, 6.07) is 0.583. The monoisotopic (exact) mass is 269 g/mol. The maximum Gasteiger partial charge on any atom is 0.323 e. The molecule has 5 heteroatoms. The summed E-state index contributed by atoms with van der Waals surface area (Å²) >= 11 is 0. The van der Waals surface area contributed by atoms with Crippen molar-refractivity contribution in [1.82, 2.24) is 9.80 Å². The van der Waals surface area contributed by atoms with E-state index in [0.717, 1.165) is 45.4 Å². The molecule has 3 N–H and O–H groups in total. The number of nitrogens with zero attached hydrogens (tertiary/aromatic N) is 2. The molecule has 19 heavy (non-hydrogen) atoms. The van der Waals surface area contributed by atoms with Crippen molar-refractivity contribution < 1.29 is 9.90 Å². The van der Waals surface area contributed by atoms with E-state index < -0.39 is 11.5 Å². The van der Waals surface area contributed by atoms with E-state index in [9.17, 15) is 9.90 Å². The molecule has 110 valence electrons. The van der Waals surface area contributed by atoms with Gasteiger partial charge in [0.15, 0.2) is 0 Å². The summed E-state index contributed by atoms with van der Waals surface area (Å²) in [7, 11) is 2.16. The smallest absolute Gasteiger partial charge is 0.323 e.